The van der Waals surface area contributed by atoms with Gasteiger partial charge in [0.1, 0.15) is 0 Å². The van der Waals surface area contributed by atoms with Gasteiger partial charge in [-0.2, -0.15) is 0 Å². The molecule has 0 amide bonds. The van der Waals surface area contributed by atoms with E-state index in [2.05, 4.69) is 36.2 Å². The lowest BCUT2D eigenvalue weighted by molar-refractivity contribution is 0.250. The van der Waals surface area contributed by atoms with Crippen molar-refractivity contribution in [2.45, 2.75) is 37.1 Å². The van der Waals surface area contributed by atoms with Crippen LogP contribution in [-0.4, -0.2) is 25.0 Å². The average Bonchev–Trinajstić information content (AvgIpc) is 2.73. The first kappa shape index (κ1) is 11.2. The number of benzene rings is 1. The van der Waals surface area contributed by atoms with Crippen molar-refractivity contribution in [3.63, 3.8) is 0 Å². The summed E-state index contributed by atoms with van der Waals surface area (Å²) in [4.78, 5) is 2.42. The van der Waals surface area contributed by atoms with E-state index in [1.165, 1.54) is 37.1 Å². The summed E-state index contributed by atoms with van der Waals surface area (Å²) in [5.74, 6) is 0.692. The summed E-state index contributed by atoms with van der Waals surface area (Å²) in [5, 5.41) is 0. The molecule has 1 unspecified atom stereocenters. The Labute approximate surface area is 104 Å². The summed E-state index contributed by atoms with van der Waals surface area (Å²) in [6.07, 6.45) is 4.89. The minimum Gasteiger partial charge on any atom is -0.321 e. The van der Waals surface area contributed by atoms with Crippen LogP contribution in [0.25, 0.3) is 0 Å². The van der Waals surface area contributed by atoms with Gasteiger partial charge in [0.15, 0.2) is 0 Å². The molecule has 1 atom stereocenters. The summed E-state index contributed by atoms with van der Waals surface area (Å²) in [6, 6.07) is 8.86. The summed E-state index contributed by atoms with van der Waals surface area (Å²) < 4.78 is 0. The normalized spacial score (nSPS) is 28.0. The molecule has 2 fully saturated rings. The molecule has 1 aromatic carbocycles. The maximum Gasteiger partial charge on any atom is 0.0412 e. The Kier molecular flexibility index (Phi) is 2.72. The number of likely N-dealkylation sites (N-methyl/N-ethyl adjacent to an activating group) is 1. The van der Waals surface area contributed by atoms with Crippen molar-refractivity contribution in [1.29, 1.82) is 0 Å². The molecule has 0 aromatic heterocycles. The van der Waals surface area contributed by atoms with E-state index in [0.29, 0.717) is 5.92 Å². The van der Waals surface area contributed by atoms with Crippen molar-refractivity contribution in [3.05, 3.63) is 35.4 Å². The number of hydrogen-bond acceptors (Lipinski definition) is 2. The Morgan fingerprint density at radius 2 is 2.06 bits per heavy atom. The Morgan fingerprint density at radius 1 is 1.29 bits per heavy atom. The van der Waals surface area contributed by atoms with Gasteiger partial charge < -0.3 is 10.6 Å². The van der Waals surface area contributed by atoms with Crippen LogP contribution in [0.5, 0.6) is 0 Å². The molecular formula is C15H22N2. The second-order valence-electron chi connectivity index (χ2n) is 5.84. The summed E-state index contributed by atoms with van der Waals surface area (Å²) in [6.45, 7) is 2.41. The van der Waals surface area contributed by atoms with Gasteiger partial charge >= 0.3 is 0 Å². The van der Waals surface area contributed by atoms with Gasteiger partial charge in [0.05, 0.1) is 0 Å². The molecule has 2 nitrogen and oxygen atoms in total. The molecule has 0 spiro atoms. The topological polar surface area (TPSA) is 29.3 Å². The zero-order chi connectivity index (χ0) is 11.9. The molecule has 1 aliphatic carbocycles. The molecule has 2 aliphatic rings. The van der Waals surface area contributed by atoms with Crippen LogP contribution in [0.2, 0.25) is 0 Å². The molecule has 17 heavy (non-hydrogen) atoms. The molecule has 0 radical (unpaired) electrons. The molecular weight excluding hydrogens is 208 g/mol. The molecule has 1 aromatic rings. The molecule has 1 heterocycles. The third-order valence-corrected chi connectivity index (χ3v) is 4.57. The van der Waals surface area contributed by atoms with E-state index >= 15 is 0 Å². The first-order valence-electron chi connectivity index (χ1n) is 6.76. The fourth-order valence-electron chi connectivity index (χ4n) is 3.32. The molecule has 0 bridgehead atoms. The van der Waals surface area contributed by atoms with Crippen molar-refractivity contribution < 1.29 is 0 Å². The zero-order valence-corrected chi connectivity index (χ0v) is 10.7. The van der Waals surface area contributed by atoms with E-state index in [1.54, 1.807) is 0 Å². The lowest BCUT2D eigenvalue weighted by atomic mass is 9.70. The van der Waals surface area contributed by atoms with E-state index in [0.717, 1.165) is 12.8 Å². The van der Waals surface area contributed by atoms with Gasteiger partial charge in [0, 0.05) is 12.1 Å². The third-order valence-electron chi connectivity index (χ3n) is 4.57. The quantitative estimate of drug-likeness (QED) is 0.845. The van der Waals surface area contributed by atoms with Crippen LogP contribution < -0.4 is 5.73 Å². The van der Waals surface area contributed by atoms with Gasteiger partial charge in [0.25, 0.3) is 0 Å². The molecule has 2 heteroatoms. The van der Waals surface area contributed by atoms with E-state index in [-0.39, 0.29) is 5.54 Å². The van der Waals surface area contributed by atoms with Crippen molar-refractivity contribution in [1.82, 2.24) is 4.90 Å². The lowest BCUT2D eigenvalue weighted by Gasteiger charge is -2.40. The number of nitrogens with zero attached hydrogens (tertiary/aromatic N) is 1. The number of hydrogen-bond donors (Lipinski definition) is 1. The summed E-state index contributed by atoms with van der Waals surface area (Å²) >= 11 is 0. The first-order valence-corrected chi connectivity index (χ1v) is 6.76. The smallest absolute Gasteiger partial charge is 0.0412 e. The Morgan fingerprint density at radius 3 is 2.65 bits per heavy atom. The van der Waals surface area contributed by atoms with Crippen LogP contribution >= 0.6 is 0 Å². The van der Waals surface area contributed by atoms with Gasteiger partial charge in [0.2, 0.25) is 0 Å². The van der Waals surface area contributed by atoms with Crippen LogP contribution in [0.15, 0.2) is 24.3 Å². The zero-order valence-electron chi connectivity index (χ0n) is 10.7. The van der Waals surface area contributed by atoms with E-state index in [1.807, 2.05) is 0 Å². The molecule has 1 aliphatic heterocycles. The second-order valence-corrected chi connectivity index (χ2v) is 5.84. The van der Waals surface area contributed by atoms with Gasteiger partial charge in [-0.3, -0.25) is 0 Å². The van der Waals surface area contributed by atoms with Crippen molar-refractivity contribution in [2.75, 3.05) is 20.1 Å². The molecule has 2 N–H and O–H groups in total. The molecule has 92 valence electrons. The van der Waals surface area contributed by atoms with Crippen molar-refractivity contribution in [2.24, 2.45) is 5.73 Å². The molecule has 1 saturated heterocycles. The Bertz CT molecular complexity index is 409. The highest BCUT2D eigenvalue weighted by molar-refractivity contribution is 5.38. The fourth-order valence-corrected chi connectivity index (χ4v) is 3.32. The van der Waals surface area contributed by atoms with E-state index in [9.17, 15) is 0 Å². The van der Waals surface area contributed by atoms with Crippen LogP contribution in [0, 0.1) is 0 Å². The second kappa shape index (κ2) is 4.11. The van der Waals surface area contributed by atoms with Crippen LogP contribution in [0.1, 0.15) is 42.7 Å². The fraction of sp³-hybridized carbons (Fsp3) is 0.600. The van der Waals surface area contributed by atoms with Gasteiger partial charge in [-0.15, -0.1) is 0 Å². The molecule has 3 rings (SSSR count). The number of nitrogens with two attached hydrogens (primary N) is 1. The predicted octanol–water partition coefficient (Wildman–Crippen LogP) is 2.44. The van der Waals surface area contributed by atoms with Crippen molar-refractivity contribution >= 4 is 0 Å². The SMILES string of the molecule is CN1CCC(c2ccccc2C2(N)CCC2)C1. The Hall–Kier alpha value is -0.860. The molecule has 1 saturated carbocycles. The highest BCUT2D eigenvalue weighted by Gasteiger charge is 2.37. The van der Waals surface area contributed by atoms with E-state index < -0.39 is 0 Å². The van der Waals surface area contributed by atoms with Crippen LogP contribution in [-0.2, 0) is 5.54 Å². The van der Waals surface area contributed by atoms with Gasteiger partial charge in [-0.1, -0.05) is 24.3 Å². The standard InChI is InChI=1S/C15H22N2/c1-17-10-7-12(11-17)13-5-2-3-6-14(13)15(16)8-4-9-15/h2-3,5-6,12H,4,7-11,16H2,1H3. The van der Waals surface area contributed by atoms with Gasteiger partial charge in [-0.25, -0.2) is 0 Å². The van der Waals surface area contributed by atoms with Gasteiger partial charge in [-0.05, 0) is 56.3 Å². The van der Waals surface area contributed by atoms with E-state index in [4.69, 9.17) is 5.73 Å². The van der Waals surface area contributed by atoms with Crippen molar-refractivity contribution in [3.8, 4) is 0 Å². The maximum atomic E-state index is 6.51. The maximum absolute atomic E-state index is 6.51. The highest BCUT2D eigenvalue weighted by Crippen LogP contribution is 2.43. The first-order chi connectivity index (χ1) is 8.19. The minimum absolute atomic E-state index is 0.0161. The average molecular weight is 230 g/mol. The third kappa shape index (κ3) is 1.90. The van der Waals surface area contributed by atoms with Crippen LogP contribution in [0.4, 0.5) is 0 Å². The Balaban J connectivity index is 1.93. The monoisotopic (exact) mass is 230 g/mol. The lowest BCUT2D eigenvalue weighted by Crippen LogP contribution is -2.44. The number of likely N-dealkylation sites (tertiary alicyclic amines) is 1. The minimum atomic E-state index is -0.0161. The number of rotatable bonds is 2. The van der Waals surface area contributed by atoms with Crippen LogP contribution in [0.3, 0.4) is 0 Å². The largest absolute Gasteiger partial charge is 0.321 e. The summed E-state index contributed by atoms with van der Waals surface area (Å²) in [7, 11) is 2.21. The summed E-state index contributed by atoms with van der Waals surface area (Å²) in [5.41, 5.74) is 9.43. The predicted molar refractivity (Wildman–Crippen MR) is 71.0 cm³/mol. The highest BCUT2D eigenvalue weighted by atomic mass is 15.1.